The molecule has 0 unspecified atom stereocenters. The molecule has 0 fully saturated rings. The summed E-state index contributed by atoms with van der Waals surface area (Å²) in [5.74, 6) is 6.46. The third-order valence-electron chi connectivity index (χ3n) is 2.15. The van der Waals surface area contributed by atoms with E-state index in [0.717, 1.165) is 5.69 Å². The summed E-state index contributed by atoms with van der Waals surface area (Å²) in [5, 5.41) is 2.56. The maximum Gasteiger partial charge on any atom is 0.233 e. The highest BCUT2D eigenvalue weighted by atomic mass is 16.1. The average Bonchev–Trinajstić information content (AvgIpc) is 2.27. The summed E-state index contributed by atoms with van der Waals surface area (Å²) < 4.78 is 0. The zero-order valence-electron chi connectivity index (χ0n) is 10.3. The van der Waals surface area contributed by atoms with Gasteiger partial charge in [-0.15, -0.1) is 0 Å². The average molecular weight is 238 g/mol. The number of nitrogens with zero attached hydrogens (tertiary/aromatic N) is 3. The highest BCUT2D eigenvalue weighted by Gasteiger charge is 2.08. The number of rotatable bonds is 5. The van der Waals surface area contributed by atoms with Crippen molar-refractivity contribution in [3.8, 4) is 0 Å². The first kappa shape index (κ1) is 13.3. The summed E-state index contributed by atoms with van der Waals surface area (Å²) in [4.78, 5) is 21.5. The molecule has 1 amide bonds. The minimum absolute atomic E-state index is 0.0441. The number of amides is 1. The molecular weight excluding hydrogens is 220 g/mol. The molecule has 0 saturated heterocycles. The van der Waals surface area contributed by atoms with Crippen molar-refractivity contribution in [2.75, 3.05) is 26.1 Å². The molecule has 0 aromatic carbocycles. The SMILES string of the molecule is CNC(=O)CN(C)Cc1nc(C)cc(NN)n1. The van der Waals surface area contributed by atoms with Crippen molar-refractivity contribution in [1.82, 2.24) is 20.2 Å². The number of hydrogen-bond donors (Lipinski definition) is 3. The van der Waals surface area contributed by atoms with Crippen molar-refractivity contribution < 1.29 is 4.79 Å². The number of nitrogen functional groups attached to an aromatic ring is 1. The van der Waals surface area contributed by atoms with Gasteiger partial charge in [-0.2, -0.15) is 0 Å². The Bertz CT molecular complexity index is 394. The molecule has 0 spiro atoms. The first-order valence-corrected chi connectivity index (χ1v) is 5.25. The molecule has 94 valence electrons. The van der Waals surface area contributed by atoms with Crippen molar-refractivity contribution in [2.24, 2.45) is 5.84 Å². The van der Waals surface area contributed by atoms with E-state index >= 15 is 0 Å². The molecule has 17 heavy (non-hydrogen) atoms. The van der Waals surface area contributed by atoms with Crippen LogP contribution in [0, 0.1) is 6.92 Å². The topological polar surface area (TPSA) is 96.2 Å². The minimum Gasteiger partial charge on any atom is -0.358 e. The van der Waals surface area contributed by atoms with Gasteiger partial charge in [-0.25, -0.2) is 15.8 Å². The molecule has 7 heteroatoms. The number of anilines is 1. The van der Waals surface area contributed by atoms with Crippen LogP contribution < -0.4 is 16.6 Å². The first-order chi connectivity index (χ1) is 8.05. The van der Waals surface area contributed by atoms with Gasteiger partial charge in [0.15, 0.2) is 0 Å². The largest absolute Gasteiger partial charge is 0.358 e. The monoisotopic (exact) mass is 238 g/mol. The number of aromatic nitrogens is 2. The Labute approximate surface area is 100 Å². The minimum atomic E-state index is -0.0441. The van der Waals surface area contributed by atoms with Gasteiger partial charge >= 0.3 is 0 Å². The molecule has 0 atom stereocenters. The normalized spacial score (nSPS) is 10.4. The Hall–Kier alpha value is -1.73. The molecule has 1 rings (SSSR count). The van der Waals surface area contributed by atoms with Crippen LogP contribution >= 0.6 is 0 Å². The predicted molar refractivity (Wildman–Crippen MR) is 65.0 cm³/mol. The summed E-state index contributed by atoms with van der Waals surface area (Å²) >= 11 is 0. The van der Waals surface area contributed by atoms with Crippen LogP contribution in [-0.2, 0) is 11.3 Å². The van der Waals surface area contributed by atoms with Crippen molar-refractivity contribution >= 4 is 11.7 Å². The standard InChI is InChI=1S/C10H18N6O/c1-7-4-8(15-11)14-9(13-7)5-16(3)6-10(17)12-2/h4H,5-6,11H2,1-3H3,(H,12,17)(H,13,14,15). The van der Waals surface area contributed by atoms with Crippen LogP contribution in [0.4, 0.5) is 5.82 Å². The quantitative estimate of drug-likeness (QED) is 0.461. The van der Waals surface area contributed by atoms with Gasteiger partial charge in [-0.3, -0.25) is 9.69 Å². The molecule has 0 radical (unpaired) electrons. The van der Waals surface area contributed by atoms with Gasteiger partial charge in [-0.05, 0) is 14.0 Å². The van der Waals surface area contributed by atoms with Gasteiger partial charge in [0.1, 0.15) is 11.6 Å². The van der Waals surface area contributed by atoms with Gasteiger partial charge in [0, 0.05) is 18.8 Å². The van der Waals surface area contributed by atoms with E-state index in [2.05, 4.69) is 20.7 Å². The van der Waals surface area contributed by atoms with Crippen LogP contribution in [0.1, 0.15) is 11.5 Å². The zero-order chi connectivity index (χ0) is 12.8. The molecular formula is C10H18N6O. The molecule has 4 N–H and O–H groups in total. The maximum absolute atomic E-state index is 11.2. The lowest BCUT2D eigenvalue weighted by Gasteiger charge is -2.15. The number of likely N-dealkylation sites (N-methyl/N-ethyl adjacent to an activating group) is 2. The van der Waals surface area contributed by atoms with Crippen LogP contribution in [0.15, 0.2) is 6.07 Å². The highest BCUT2D eigenvalue weighted by Crippen LogP contribution is 2.05. The Morgan fingerprint density at radius 3 is 2.82 bits per heavy atom. The number of hydrazine groups is 1. The number of hydrogen-bond acceptors (Lipinski definition) is 6. The molecule has 0 aliphatic rings. The molecule has 0 bridgehead atoms. The summed E-state index contributed by atoms with van der Waals surface area (Å²) in [6.45, 7) is 2.66. The van der Waals surface area contributed by atoms with E-state index in [9.17, 15) is 4.79 Å². The number of aryl methyl sites for hydroxylation is 1. The molecule has 1 aromatic heterocycles. The summed E-state index contributed by atoms with van der Waals surface area (Å²) in [7, 11) is 3.44. The first-order valence-electron chi connectivity index (χ1n) is 5.25. The van der Waals surface area contributed by atoms with E-state index in [4.69, 9.17) is 5.84 Å². The highest BCUT2D eigenvalue weighted by molar-refractivity contribution is 5.77. The van der Waals surface area contributed by atoms with E-state index in [-0.39, 0.29) is 5.91 Å². The summed E-state index contributed by atoms with van der Waals surface area (Å²) in [6, 6.07) is 1.75. The maximum atomic E-state index is 11.2. The Kier molecular flexibility index (Phi) is 4.80. The lowest BCUT2D eigenvalue weighted by Crippen LogP contribution is -2.33. The Morgan fingerprint density at radius 1 is 1.53 bits per heavy atom. The Balaban J connectivity index is 2.67. The number of nitrogens with two attached hydrogens (primary N) is 1. The van der Waals surface area contributed by atoms with Crippen molar-refractivity contribution in [3.63, 3.8) is 0 Å². The van der Waals surface area contributed by atoms with Crippen molar-refractivity contribution in [1.29, 1.82) is 0 Å². The second-order valence-corrected chi connectivity index (χ2v) is 3.80. The molecule has 7 nitrogen and oxygen atoms in total. The third kappa shape index (κ3) is 4.33. The fraction of sp³-hybridized carbons (Fsp3) is 0.500. The molecule has 0 aliphatic carbocycles. The second kappa shape index (κ2) is 6.12. The zero-order valence-corrected chi connectivity index (χ0v) is 10.3. The fourth-order valence-electron chi connectivity index (χ4n) is 1.40. The van der Waals surface area contributed by atoms with Crippen LogP contribution in [0.5, 0.6) is 0 Å². The summed E-state index contributed by atoms with van der Waals surface area (Å²) in [5.41, 5.74) is 3.31. The smallest absolute Gasteiger partial charge is 0.233 e. The third-order valence-corrected chi connectivity index (χ3v) is 2.15. The summed E-state index contributed by atoms with van der Waals surface area (Å²) in [6.07, 6.45) is 0. The van der Waals surface area contributed by atoms with Crippen molar-refractivity contribution in [3.05, 3.63) is 17.6 Å². The van der Waals surface area contributed by atoms with Crippen LogP contribution in [0.25, 0.3) is 0 Å². The number of carbonyl (C=O) groups is 1. The van der Waals surface area contributed by atoms with E-state index in [1.165, 1.54) is 0 Å². The number of nitrogens with one attached hydrogen (secondary N) is 2. The van der Waals surface area contributed by atoms with E-state index < -0.39 is 0 Å². The second-order valence-electron chi connectivity index (χ2n) is 3.80. The Morgan fingerprint density at radius 2 is 2.24 bits per heavy atom. The molecule has 1 heterocycles. The van der Waals surface area contributed by atoms with Gasteiger partial charge in [-0.1, -0.05) is 0 Å². The lowest BCUT2D eigenvalue weighted by atomic mass is 10.4. The molecule has 0 saturated carbocycles. The predicted octanol–water partition coefficient (Wildman–Crippen LogP) is -0.752. The van der Waals surface area contributed by atoms with Gasteiger partial charge < -0.3 is 10.7 Å². The van der Waals surface area contributed by atoms with Crippen LogP contribution in [0.2, 0.25) is 0 Å². The van der Waals surface area contributed by atoms with E-state index in [1.807, 2.05) is 18.9 Å². The fourth-order valence-corrected chi connectivity index (χ4v) is 1.40. The van der Waals surface area contributed by atoms with E-state index in [0.29, 0.717) is 24.7 Å². The molecule has 1 aromatic rings. The molecule has 0 aliphatic heterocycles. The van der Waals surface area contributed by atoms with E-state index in [1.54, 1.807) is 13.1 Å². The van der Waals surface area contributed by atoms with Crippen molar-refractivity contribution in [2.45, 2.75) is 13.5 Å². The van der Waals surface area contributed by atoms with Gasteiger partial charge in [0.05, 0.1) is 13.1 Å². The number of carbonyl (C=O) groups excluding carboxylic acids is 1. The lowest BCUT2D eigenvalue weighted by molar-refractivity contribution is -0.121. The van der Waals surface area contributed by atoms with Gasteiger partial charge in [0.25, 0.3) is 0 Å². The van der Waals surface area contributed by atoms with Crippen LogP contribution in [0.3, 0.4) is 0 Å². The van der Waals surface area contributed by atoms with Gasteiger partial charge in [0.2, 0.25) is 5.91 Å². The van der Waals surface area contributed by atoms with Crippen LogP contribution in [-0.4, -0.2) is 41.4 Å².